The molecule has 0 amide bonds. The molecule has 1 aliphatic heterocycles. The molecular formula is C25H34N2O2. The van der Waals surface area contributed by atoms with E-state index in [9.17, 15) is 4.79 Å². The van der Waals surface area contributed by atoms with E-state index in [1.165, 1.54) is 41.3 Å². The molecule has 2 aliphatic carbocycles. The van der Waals surface area contributed by atoms with Crippen molar-refractivity contribution in [1.82, 2.24) is 9.47 Å². The van der Waals surface area contributed by atoms with Crippen LogP contribution in [0.25, 0.3) is 10.9 Å². The largest absolute Gasteiger partial charge is 0.462 e. The summed E-state index contributed by atoms with van der Waals surface area (Å²) in [5.74, 6) is 0.448. The molecule has 0 bridgehead atoms. The lowest BCUT2D eigenvalue weighted by molar-refractivity contribution is -0.158. The molecule has 3 atom stereocenters. The molecule has 2 fully saturated rings. The first-order valence-electron chi connectivity index (χ1n) is 11.6. The molecule has 0 radical (unpaired) electrons. The van der Waals surface area contributed by atoms with Crippen molar-refractivity contribution < 1.29 is 9.53 Å². The highest BCUT2D eigenvalue weighted by molar-refractivity contribution is 5.89. The molecular weight excluding hydrogens is 360 g/mol. The van der Waals surface area contributed by atoms with E-state index in [0.29, 0.717) is 18.0 Å². The summed E-state index contributed by atoms with van der Waals surface area (Å²) in [5, 5.41) is 1.44. The molecule has 2 aromatic rings. The topological polar surface area (TPSA) is 34.5 Å². The van der Waals surface area contributed by atoms with Gasteiger partial charge < -0.3 is 14.2 Å². The van der Waals surface area contributed by atoms with Gasteiger partial charge in [-0.15, -0.1) is 0 Å². The van der Waals surface area contributed by atoms with Gasteiger partial charge in [-0.1, -0.05) is 18.6 Å². The number of carbonyl (C=O) groups is 1. The van der Waals surface area contributed by atoms with Crippen LogP contribution in [0.3, 0.4) is 0 Å². The number of likely N-dealkylation sites (tertiary alicyclic amines) is 1. The number of hydrogen-bond donors (Lipinski definition) is 0. The van der Waals surface area contributed by atoms with Gasteiger partial charge in [0.2, 0.25) is 0 Å². The van der Waals surface area contributed by atoms with E-state index >= 15 is 0 Å². The second-order valence-corrected chi connectivity index (χ2v) is 9.84. The van der Waals surface area contributed by atoms with Gasteiger partial charge in [0.15, 0.2) is 0 Å². The summed E-state index contributed by atoms with van der Waals surface area (Å²) in [6.45, 7) is 5.33. The van der Waals surface area contributed by atoms with Gasteiger partial charge in [0, 0.05) is 41.6 Å². The SMILES string of the molecule is CC(C)n1cc2c3c(cccc31)[C@H]1C[C@@H](C(=O)OC3CCCCC3)CN(C)[C@@H]1C2. The van der Waals surface area contributed by atoms with Crippen molar-refractivity contribution in [1.29, 1.82) is 0 Å². The van der Waals surface area contributed by atoms with Crippen LogP contribution >= 0.6 is 0 Å². The maximum Gasteiger partial charge on any atom is 0.310 e. The van der Waals surface area contributed by atoms with Crippen LogP contribution in [0.4, 0.5) is 0 Å². The first kappa shape index (κ1) is 19.2. The lowest BCUT2D eigenvalue weighted by Crippen LogP contribution is -2.50. The molecule has 1 aromatic heterocycles. The molecule has 3 aliphatic rings. The molecule has 4 nitrogen and oxygen atoms in total. The fraction of sp³-hybridized carbons (Fsp3) is 0.640. The number of esters is 1. The van der Waals surface area contributed by atoms with E-state index in [1.54, 1.807) is 0 Å². The summed E-state index contributed by atoms with van der Waals surface area (Å²) in [7, 11) is 2.20. The monoisotopic (exact) mass is 394 g/mol. The summed E-state index contributed by atoms with van der Waals surface area (Å²) in [5.41, 5.74) is 4.26. The Labute approximate surface area is 174 Å². The van der Waals surface area contributed by atoms with Crippen LogP contribution in [-0.2, 0) is 16.0 Å². The predicted octanol–water partition coefficient (Wildman–Crippen LogP) is 5.06. The Hall–Kier alpha value is -1.81. The smallest absolute Gasteiger partial charge is 0.310 e. The van der Waals surface area contributed by atoms with E-state index < -0.39 is 0 Å². The summed E-state index contributed by atoms with van der Waals surface area (Å²) in [6.07, 6.45) is 10.3. The van der Waals surface area contributed by atoms with Crippen LogP contribution in [0.15, 0.2) is 24.4 Å². The van der Waals surface area contributed by atoms with Gasteiger partial charge >= 0.3 is 5.97 Å². The third kappa shape index (κ3) is 3.30. The number of likely N-dealkylation sites (N-methyl/N-ethyl adjacent to an activating group) is 1. The van der Waals surface area contributed by atoms with Crippen LogP contribution in [0, 0.1) is 5.92 Å². The lowest BCUT2D eigenvalue weighted by atomic mass is 9.72. The summed E-state index contributed by atoms with van der Waals surface area (Å²) < 4.78 is 8.38. The van der Waals surface area contributed by atoms with Crippen molar-refractivity contribution in [3.63, 3.8) is 0 Å². The normalized spacial score (nSPS) is 27.9. The van der Waals surface area contributed by atoms with Gasteiger partial charge in [0.25, 0.3) is 0 Å². The summed E-state index contributed by atoms with van der Waals surface area (Å²) in [6, 6.07) is 7.69. The molecule has 1 saturated heterocycles. The fourth-order valence-electron chi connectivity index (χ4n) is 6.12. The second-order valence-electron chi connectivity index (χ2n) is 9.84. The number of rotatable bonds is 3. The molecule has 29 heavy (non-hydrogen) atoms. The zero-order valence-electron chi connectivity index (χ0n) is 18.1. The Morgan fingerprint density at radius 2 is 1.97 bits per heavy atom. The third-order valence-electron chi connectivity index (χ3n) is 7.60. The van der Waals surface area contributed by atoms with E-state index in [4.69, 9.17) is 4.74 Å². The van der Waals surface area contributed by atoms with Crippen molar-refractivity contribution in [3.05, 3.63) is 35.5 Å². The van der Waals surface area contributed by atoms with Gasteiger partial charge in [0.1, 0.15) is 6.10 Å². The lowest BCUT2D eigenvalue weighted by Gasteiger charge is -2.45. The number of fused-ring (bicyclic) bond motifs is 2. The van der Waals surface area contributed by atoms with Crippen LogP contribution in [0.2, 0.25) is 0 Å². The van der Waals surface area contributed by atoms with E-state index in [0.717, 1.165) is 32.2 Å². The van der Waals surface area contributed by atoms with E-state index in [-0.39, 0.29) is 18.0 Å². The van der Waals surface area contributed by atoms with E-state index in [1.807, 2.05) is 0 Å². The van der Waals surface area contributed by atoms with Crippen LogP contribution < -0.4 is 0 Å². The van der Waals surface area contributed by atoms with Crippen molar-refractivity contribution in [2.75, 3.05) is 13.6 Å². The van der Waals surface area contributed by atoms with Crippen LogP contribution in [0.1, 0.15) is 75.5 Å². The number of ether oxygens (including phenoxy) is 1. The minimum absolute atomic E-state index is 0.00725. The highest BCUT2D eigenvalue weighted by Gasteiger charge is 2.42. The average Bonchev–Trinajstić information content (AvgIpc) is 3.10. The highest BCUT2D eigenvalue weighted by atomic mass is 16.5. The van der Waals surface area contributed by atoms with Gasteiger partial charge in [-0.05, 0) is 76.6 Å². The molecule has 5 rings (SSSR count). The van der Waals surface area contributed by atoms with Crippen LogP contribution in [0.5, 0.6) is 0 Å². The minimum atomic E-state index is -0.00725. The van der Waals surface area contributed by atoms with Crippen LogP contribution in [-0.4, -0.2) is 41.2 Å². The third-order valence-corrected chi connectivity index (χ3v) is 7.60. The summed E-state index contributed by atoms with van der Waals surface area (Å²) in [4.78, 5) is 15.4. The Bertz CT molecular complexity index is 909. The van der Waals surface area contributed by atoms with Crippen molar-refractivity contribution >= 4 is 16.9 Å². The molecule has 4 heteroatoms. The van der Waals surface area contributed by atoms with Gasteiger partial charge in [0.05, 0.1) is 5.92 Å². The Morgan fingerprint density at radius 3 is 2.72 bits per heavy atom. The average molecular weight is 395 g/mol. The molecule has 0 spiro atoms. The first-order chi connectivity index (χ1) is 14.0. The molecule has 1 aromatic carbocycles. The maximum absolute atomic E-state index is 13.0. The maximum atomic E-state index is 13.0. The number of carbonyl (C=O) groups excluding carboxylic acids is 1. The zero-order chi connectivity index (χ0) is 20.1. The Morgan fingerprint density at radius 1 is 1.17 bits per heavy atom. The van der Waals surface area contributed by atoms with Gasteiger partial charge in [-0.2, -0.15) is 0 Å². The molecule has 156 valence electrons. The molecule has 0 N–H and O–H groups in total. The van der Waals surface area contributed by atoms with Gasteiger partial charge in [-0.3, -0.25) is 4.79 Å². The number of nitrogens with zero attached hydrogens (tertiary/aromatic N) is 2. The number of benzene rings is 1. The number of piperidine rings is 1. The predicted molar refractivity (Wildman–Crippen MR) is 116 cm³/mol. The Balaban J connectivity index is 1.43. The fourth-order valence-corrected chi connectivity index (χ4v) is 6.12. The molecule has 0 unspecified atom stereocenters. The second kappa shape index (κ2) is 7.46. The Kier molecular flexibility index (Phi) is 4.93. The zero-order valence-corrected chi connectivity index (χ0v) is 18.1. The summed E-state index contributed by atoms with van der Waals surface area (Å²) >= 11 is 0. The molecule has 1 saturated carbocycles. The van der Waals surface area contributed by atoms with Crippen molar-refractivity contribution in [2.45, 2.75) is 82.9 Å². The standard InChI is InChI=1S/C25H34N2O2/c1-16(2)27-15-17-13-23-21(20-10-7-11-22(27)24(17)20)12-18(14-26(23)3)25(28)29-19-8-5-4-6-9-19/h7,10-11,15-16,18-19,21,23H,4-6,8-9,12-14H2,1-3H3/t18-,21-,23-/m1/s1. The van der Waals surface area contributed by atoms with Crippen molar-refractivity contribution in [3.8, 4) is 0 Å². The quantitative estimate of drug-likeness (QED) is 0.683. The first-order valence-corrected chi connectivity index (χ1v) is 11.6. The molecule has 2 heterocycles. The minimum Gasteiger partial charge on any atom is -0.462 e. The highest BCUT2D eigenvalue weighted by Crippen LogP contribution is 2.45. The number of aromatic nitrogens is 1. The van der Waals surface area contributed by atoms with Gasteiger partial charge in [-0.25, -0.2) is 0 Å². The number of hydrogen-bond acceptors (Lipinski definition) is 3. The van der Waals surface area contributed by atoms with E-state index in [2.05, 4.69) is 54.8 Å². The van der Waals surface area contributed by atoms with Crippen molar-refractivity contribution in [2.24, 2.45) is 5.92 Å².